The van der Waals surface area contributed by atoms with Gasteiger partial charge in [0.1, 0.15) is 35.2 Å². The van der Waals surface area contributed by atoms with E-state index in [4.69, 9.17) is 32.7 Å². The first-order valence-electron chi connectivity index (χ1n) is 24.1. The molecule has 0 bridgehead atoms. The molecule has 16 nitrogen and oxygen atoms in total. The summed E-state index contributed by atoms with van der Waals surface area (Å²) in [4.78, 5) is 83.4. The standard InChI is InChI=1S/C54H64Cl2F2N8O8/c1-33-28-60-49(67)27-42(23-35-12-17-40(55)18-13-35)64(6)53(71)45(32-72-8)61-51(69)34(2)66(50(68)25-39(52(70)63(33)5)22-36-10-9-11-44(24-36)74-54(57)58)30-38-14-19-41(56)26-47(38)73-43-20-15-37(16-21-43)46-29-59-48(65(46)7)31-62(3)4/h9-21,24,26,29,33-34,39,42,45,54H,22-23,25,27-28,30-32H2,1-8H3,(H,60,67)(H,61,69)/t33-,34-,39+,42-,45-/m0/s1. The second-order valence-electron chi connectivity index (χ2n) is 18.8. The van der Waals surface area contributed by atoms with E-state index in [-0.39, 0.29) is 50.5 Å². The molecule has 396 valence electrons. The number of benzene rings is 4. The molecule has 5 aromatic rings. The Hall–Kier alpha value is -6.60. The number of alkyl halides is 2. The van der Waals surface area contributed by atoms with E-state index >= 15 is 4.79 Å². The van der Waals surface area contributed by atoms with Crippen molar-refractivity contribution in [2.45, 2.75) is 83.4 Å². The Kier molecular flexibility index (Phi) is 20.0. The lowest BCUT2D eigenvalue weighted by molar-refractivity contribution is -0.147. The van der Waals surface area contributed by atoms with Crippen molar-refractivity contribution in [3.63, 3.8) is 0 Å². The van der Waals surface area contributed by atoms with E-state index in [0.29, 0.717) is 33.5 Å². The fourth-order valence-electron chi connectivity index (χ4n) is 8.68. The molecule has 2 N–H and O–H groups in total. The molecule has 0 saturated carbocycles. The van der Waals surface area contributed by atoms with E-state index in [2.05, 4.69) is 20.4 Å². The predicted molar refractivity (Wildman–Crippen MR) is 278 cm³/mol. The zero-order valence-electron chi connectivity index (χ0n) is 42.8. The average molecular weight is 1060 g/mol. The van der Waals surface area contributed by atoms with Gasteiger partial charge in [-0.15, -0.1) is 0 Å². The number of aromatic nitrogens is 2. The van der Waals surface area contributed by atoms with Crippen molar-refractivity contribution in [2.24, 2.45) is 13.0 Å². The van der Waals surface area contributed by atoms with Crippen molar-refractivity contribution in [2.75, 3.05) is 48.5 Å². The molecule has 1 aliphatic rings. The van der Waals surface area contributed by atoms with Crippen LogP contribution in [0.1, 0.15) is 49.2 Å². The summed E-state index contributed by atoms with van der Waals surface area (Å²) in [5.41, 5.74) is 3.47. The van der Waals surface area contributed by atoms with Crippen molar-refractivity contribution < 1.29 is 47.0 Å². The number of rotatable bonds is 15. The van der Waals surface area contributed by atoms with E-state index in [0.717, 1.165) is 22.6 Å². The van der Waals surface area contributed by atoms with E-state index < -0.39 is 72.7 Å². The van der Waals surface area contributed by atoms with E-state index in [1.807, 2.05) is 48.9 Å². The number of ether oxygens (including phenoxy) is 3. The molecule has 0 radical (unpaired) electrons. The lowest BCUT2D eigenvalue weighted by Crippen LogP contribution is -2.57. The van der Waals surface area contributed by atoms with Gasteiger partial charge in [0.05, 0.1) is 37.5 Å². The van der Waals surface area contributed by atoms with Crippen LogP contribution in [-0.2, 0) is 61.7 Å². The van der Waals surface area contributed by atoms with Crippen LogP contribution in [0.2, 0.25) is 10.0 Å². The summed E-state index contributed by atoms with van der Waals surface area (Å²) in [6.45, 7) is 0.323. The lowest BCUT2D eigenvalue weighted by atomic mass is 9.93. The Morgan fingerprint density at radius 3 is 2.19 bits per heavy atom. The molecule has 5 amide bonds. The van der Waals surface area contributed by atoms with Gasteiger partial charge in [0.15, 0.2) is 0 Å². The van der Waals surface area contributed by atoms with Gasteiger partial charge in [-0.3, -0.25) is 24.0 Å². The van der Waals surface area contributed by atoms with Crippen molar-refractivity contribution in [1.29, 1.82) is 0 Å². The number of hydrogen-bond acceptors (Lipinski definition) is 10. The summed E-state index contributed by atoms with van der Waals surface area (Å²) in [6, 6.07) is 21.3. The third-order valence-corrected chi connectivity index (χ3v) is 13.6. The van der Waals surface area contributed by atoms with Crippen molar-refractivity contribution in [3.05, 3.63) is 130 Å². The molecular weight excluding hydrogens is 998 g/mol. The number of methoxy groups -OCH3 is 1. The van der Waals surface area contributed by atoms with Gasteiger partial charge in [-0.25, -0.2) is 4.98 Å². The molecule has 2 heterocycles. The topological polar surface area (TPSA) is 168 Å². The number of imidazole rings is 1. The largest absolute Gasteiger partial charge is 0.457 e. The van der Waals surface area contributed by atoms with E-state index in [1.54, 1.807) is 81.7 Å². The molecule has 0 aliphatic carbocycles. The zero-order chi connectivity index (χ0) is 53.8. The molecule has 1 saturated heterocycles. The predicted octanol–water partition coefficient (Wildman–Crippen LogP) is 7.38. The van der Waals surface area contributed by atoms with Gasteiger partial charge in [-0.1, -0.05) is 53.5 Å². The highest BCUT2D eigenvalue weighted by Crippen LogP contribution is 2.33. The van der Waals surface area contributed by atoms with Crippen molar-refractivity contribution >= 4 is 52.7 Å². The summed E-state index contributed by atoms with van der Waals surface area (Å²) in [7, 11) is 10.4. The highest BCUT2D eigenvalue weighted by molar-refractivity contribution is 6.31. The van der Waals surface area contributed by atoms with E-state index in [1.165, 1.54) is 46.9 Å². The van der Waals surface area contributed by atoms with Crippen LogP contribution in [0, 0.1) is 5.92 Å². The smallest absolute Gasteiger partial charge is 0.387 e. The highest BCUT2D eigenvalue weighted by atomic mass is 35.5. The Labute approximate surface area is 440 Å². The summed E-state index contributed by atoms with van der Waals surface area (Å²) in [6.07, 6.45) is 1.37. The van der Waals surface area contributed by atoms with Crippen LogP contribution >= 0.6 is 23.2 Å². The van der Waals surface area contributed by atoms with Crippen LogP contribution in [0.25, 0.3) is 11.3 Å². The minimum absolute atomic E-state index is 0.0133. The number of halogens is 4. The Balaban J connectivity index is 1.38. The SMILES string of the molecule is COC[C@@H]1NC(=O)[C@H](C)N(Cc2ccc(Cl)cc2Oc2ccc(-c3cnc(CN(C)C)n3C)cc2)C(=O)C[C@@H](Cc2cccc(OC(F)F)c2)C(=O)N(C)[C@@H](C)CNC(=O)C[C@H](Cc2ccc(Cl)cc2)N(C)C1=O. The van der Waals surface area contributed by atoms with Crippen LogP contribution in [0.5, 0.6) is 17.2 Å². The summed E-state index contributed by atoms with van der Waals surface area (Å²) in [5.74, 6) is -2.42. The lowest BCUT2D eigenvalue weighted by Gasteiger charge is -2.35. The molecular formula is C54H64Cl2F2N8O8. The van der Waals surface area contributed by atoms with E-state index in [9.17, 15) is 28.0 Å². The zero-order valence-corrected chi connectivity index (χ0v) is 44.3. The van der Waals surface area contributed by atoms with Gasteiger partial charge in [-0.05, 0) is 113 Å². The third-order valence-electron chi connectivity index (χ3n) is 13.1. The molecule has 0 spiro atoms. The summed E-state index contributed by atoms with van der Waals surface area (Å²) in [5, 5.41) is 6.55. The molecule has 6 rings (SSSR count). The second kappa shape index (κ2) is 26.1. The maximum Gasteiger partial charge on any atom is 0.387 e. The average Bonchev–Trinajstić information content (AvgIpc) is 3.72. The highest BCUT2D eigenvalue weighted by Gasteiger charge is 2.36. The third kappa shape index (κ3) is 15.2. The quantitative estimate of drug-likeness (QED) is 0.108. The van der Waals surface area contributed by atoms with Crippen LogP contribution in [0.4, 0.5) is 8.78 Å². The minimum atomic E-state index is -3.10. The first-order chi connectivity index (χ1) is 35.2. The first kappa shape index (κ1) is 56.7. The maximum atomic E-state index is 15.1. The fraction of sp³-hybridized carbons (Fsp3) is 0.407. The molecule has 20 heteroatoms. The number of nitrogens with zero attached hydrogens (tertiary/aromatic N) is 6. The number of likely N-dealkylation sites (N-methyl/N-ethyl adjacent to an activating group) is 2. The molecule has 1 aliphatic heterocycles. The number of hydrogen-bond donors (Lipinski definition) is 2. The first-order valence-corrected chi connectivity index (χ1v) is 24.9. The van der Waals surface area contributed by atoms with Crippen LogP contribution in [-0.4, -0.2) is 138 Å². The number of nitrogens with one attached hydrogen (secondary N) is 2. The summed E-state index contributed by atoms with van der Waals surface area (Å²) >= 11 is 12.8. The van der Waals surface area contributed by atoms with Gasteiger partial charge in [0.2, 0.25) is 29.5 Å². The molecule has 5 atom stereocenters. The molecule has 1 fully saturated rings. The molecule has 74 heavy (non-hydrogen) atoms. The number of carbonyl (C=O) groups excluding carboxylic acids is 5. The van der Waals surface area contributed by atoms with Gasteiger partial charge >= 0.3 is 6.61 Å². The number of amides is 5. The van der Waals surface area contributed by atoms with Gasteiger partial charge in [0.25, 0.3) is 0 Å². The summed E-state index contributed by atoms with van der Waals surface area (Å²) < 4.78 is 45.3. The molecule has 1 aromatic heterocycles. The fourth-order valence-corrected chi connectivity index (χ4v) is 8.97. The molecule has 0 unspecified atom stereocenters. The van der Waals surface area contributed by atoms with Gasteiger partial charge in [0, 0.05) is 80.9 Å². The second-order valence-corrected chi connectivity index (χ2v) is 19.7. The molecule has 4 aromatic carbocycles. The minimum Gasteiger partial charge on any atom is -0.457 e. The van der Waals surface area contributed by atoms with Crippen molar-refractivity contribution in [1.82, 2.24) is 39.8 Å². The van der Waals surface area contributed by atoms with Gasteiger partial charge in [-0.2, -0.15) is 8.78 Å². The normalized spacial score (nSPS) is 19.9. The maximum absolute atomic E-state index is 15.1. The van der Waals surface area contributed by atoms with Crippen LogP contribution in [0.3, 0.4) is 0 Å². The van der Waals surface area contributed by atoms with Gasteiger partial charge < -0.3 is 49.0 Å². The Morgan fingerprint density at radius 2 is 1.51 bits per heavy atom. The number of carbonyl (C=O) groups is 5. The Morgan fingerprint density at radius 1 is 0.811 bits per heavy atom. The van der Waals surface area contributed by atoms with Crippen molar-refractivity contribution in [3.8, 4) is 28.5 Å². The monoisotopic (exact) mass is 1060 g/mol. The Bertz CT molecular complexity index is 2750. The van der Waals surface area contributed by atoms with Crippen LogP contribution in [0.15, 0.2) is 97.2 Å². The van der Waals surface area contributed by atoms with Crippen LogP contribution < -0.4 is 20.1 Å².